The molecule has 0 N–H and O–H groups in total. The molecule has 0 aliphatic rings. The molecule has 318 valence electrons. The lowest BCUT2D eigenvalue weighted by Crippen LogP contribution is -2.11. The Morgan fingerprint density at radius 2 is 0.719 bits per heavy atom. The highest BCUT2D eigenvalue weighted by molar-refractivity contribution is 6.13. The van der Waals surface area contributed by atoms with Crippen LogP contribution in [0.4, 0.5) is 26.3 Å². The summed E-state index contributed by atoms with van der Waals surface area (Å²) in [4.78, 5) is 0. The highest BCUT2D eigenvalue weighted by Gasteiger charge is 2.36. The van der Waals surface area contributed by atoms with Crippen LogP contribution in [0, 0.1) is 41.5 Å². The van der Waals surface area contributed by atoms with Gasteiger partial charge in [0.15, 0.2) is 0 Å². The number of hydrogen-bond donors (Lipinski definition) is 0. The molecule has 8 aromatic carbocycles. The monoisotopic (exact) mass is 856 g/mol. The third-order valence-corrected chi connectivity index (χ3v) is 12.7. The van der Waals surface area contributed by atoms with Crippen LogP contribution in [-0.2, 0) is 12.4 Å². The van der Waals surface area contributed by atoms with Gasteiger partial charge in [0.2, 0.25) is 0 Å². The molecule has 0 atom stereocenters. The Morgan fingerprint density at radius 3 is 1.14 bits per heavy atom. The van der Waals surface area contributed by atoms with E-state index in [4.69, 9.17) is 0 Å². The number of halogens is 6. The van der Waals surface area contributed by atoms with Crippen molar-refractivity contribution in [3.8, 4) is 44.8 Å². The summed E-state index contributed by atoms with van der Waals surface area (Å²) >= 11 is 0. The van der Waals surface area contributed by atoms with Crippen LogP contribution in [0.3, 0.4) is 0 Å². The minimum Gasteiger partial charge on any atom is -0.309 e. The first-order valence-corrected chi connectivity index (χ1v) is 21.1. The molecule has 0 spiro atoms. The second-order valence-corrected chi connectivity index (χ2v) is 17.2. The van der Waals surface area contributed by atoms with Crippen molar-refractivity contribution in [1.29, 1.82) is 0 Å². The van der Waals surface area contributed by atoms with Gasteiger partial charge in [-0.1, -0.05) is 96.1 Å². The molecule has 0 amide bonds. The van der Waals surface area contributed by atoms with Crippen LogP contribution in [-0.4, -0.2) is 9.13 Å². The summed E-state index contributed by atoms with van der Waals surface area (Å²) in [6.07, 6.45) is -9.54. The van der Waals surface area contributed by atoms with Crippen LogP contribution in [0.5, 0.6) is 0 Å². The van der Waals surface area contributed by atoms with Gasteiger partial charge in [0.05, 0.1) is 44.6 Å². The smallest absolute Gasteiger partial charge is 0.309 e. The zero-order chi connectivity index (χ0) is 45.0. The van der Waals surface area contributed by atoms with Crippen molar-refractivity contribution in [2.45, 2.75) is 53.9 Å². The van der Waals surface area contributed by atoms with Crippen molar-refractivity contribution >= 4 is 43.6 Å². The molecule has 8 heteroatoms. The second kappa shape index (κ2) is 14.8. The van der Waals surface area contributed by atoms with Gasteiger partial charge in [-0.05, 0) is 152 Å². The van der Waals surface area contributed by atoms with Crippen molar-refractivity contribution in [1.82, 2.24) is 9.13 Å². The molecule has 2 heterocycles. The van der Waals surface area contributed by atoms with E-state index in [1.807, 2.05) is 72.8 Å². The SMILES string of the molecule is Cc1cc(C)c(-c2ccc3c(c2)c2ccccc2n3-c2cc(C(F)(F)F)cc(-n3c4ccccc4c4cc(-c5c(C)cc(C)cc5C)ccc43)c2-c2cccc(C(F)(F)F)c2)c(C)c1. The molecule has 0 unspecified atom stereocenters. The van der Waals surface area contributed by atoms with Gasteiger partial charge < -0.3 is 9.13 Å². The minimum atomic E-state index is -4.82. The third kappa shape index (κ3) is 6.66. The number of rotatable bonds is 5. The number of fused-ring (bicyclic) bond motifs is 6. The first kappa shape index (κ1) is 41.0. The maximum absolute atomic E-state index is 15.6. The predicted octanol–water partition coefficient (Wildman–Crippen LogP) is 16.8. The van der Waals surface area contributed by atoms with E-state index in [2.05, 4.69) is 77.9 Å². The van der Waals surface area contributed by atoms with E-state index in [0.29, 0.717) is 22.1 Å². The lowest BCUT2D eigenvalue weighted by atomic mass is 9.93. The molecule has 0 radical (unpaired) electrons. The molecule has 0 bridgehead atoms. The number of alkyl halides is 6. The maximum atomic E-state index is 15.6. The fraction of sp³-hybridized carbons (Fsp3) is 0.143. The Kier molecular flexibility index (Phi) is 9.45. The van der Waals surface area contributed by atoms with Crippen LogP contribution in [0.25, 0.3) is 88.4 Å². The molecule has 64 heavy (non-hydrogen) atoms. The Balaban J connectivity index is 1.35. The lowest BCUT2D eigenvalue weighted by Gasteiger charge is -2.23. The highest BCUT2D eigenvalue weighted by atomic mass is 19.4. The zero-order valence-corrected chi connectivity index (χ0v) is 36.0. The Morgan fingerprint density at radius 1 is 0.328 bits per heavy atom. The first-order valence-electron chi connectivity index (χ1n) is 21.1. The molecule has 0 saturated carbocycles. The lowest BCUT2D eigenvalue weighted by molar-refractivity contribution is -0.138. The van der Waals surface area contributed by atoms with Crippen LogP contribution in [0.15, 0.2) is 146 Å². The normalized spacial score (nSPS) is 12.4. The van der Waals surface area contributed by atoms with Gasteiger partial charge in [0.25, 0.3) is 0 Å². The summed E-state index contributed by atoms with van der Waals surface area (Å²) in [5, 5.41) is 3.18. The number of hydrogen-bond acceptors (Lipinski definition) is 0. The summed E-state index contributed by atoms with van der Waals surface area (Å²) in [6, 6.07) is 42.5. The van der Waals surface area contributed by atoms with Crippen LogP contribution < -0.4 is 0 Å². The van der Waals surface area contributed by atoms with Crippen LogP contribution >= 0.6 is 0 Å². The van der Waals surface area contributed by atoms with Crippen molar-refractivity contribution in [3.63, 3.8) is 0 Å². The van der Waals surface area contributed by atoms with E-state index in [0.717, 1.165) is 101 Å². The van der Waals surface area contributed by atoms with E-state index < -0.39 is 23.5 Å². The Bertz CT molecular complexity index is 3300. The average molecular weight is 857 g/mol. The summed E-state index contributed by atoms with van der Waals surface area (Å²) in [5.41, 5.74) is 11.8. The number of aromatic nitrogens is 2. The van der Waals surface area contributed by atoms with Gasteiger partial charge >= 0.3 is 12.4 Å². The van der Waals surface area contributed by atoms with E-state index >= 15 is 13.2 Å². The summed E-state index contributed by atoms with van der Waals surface area (Å²) < 4.78 is 94.2. The van der Waals surface area contributed by atoms with Gasteiger partial charge in [0.1, 0.15) is 0 Å². The zero-order valence-electron chi connectivity index (χ0n) is 36.0. The van der Waals surface area contributed by atoms with E-state index in [1.54, 1.807) is 15.2 Å². The summed E-state index contributed by atoms with van der Waals surface area (Å²) in [7, 11) is 0. The standard InChI is InChI=1S/C56H42F6N2/c1-31-22-33(3)52(34(4)23-31)38-18-20-48-44(27-38)42-14-7-9-16-46(42)63(48)50-29-41(56(60,61)62)30-51(54(50)37-12-11-13-40(26-37)55(57,58)59)64-47-17-10-8-15-43(47)45-28-39(19-21-49(45)64)53-35(5)24-32(2)25-36(53)6/h7-30H,1-6H3. The quantitative estimate of drug-likeness (QED) is 0.153. The molecule has 2 nitrogen and oxygen atoms in total. The van der Waals surface area contributed by atoms with Crippen molar-refractivity contribution < 1.29 is 26.3 Å². The third-order valence-electron chi connectivity index (χ3n) is 12.7. The number of nitrogens with zero attached hydrogens (tertiary/aromatic N) is 2. The van der Waals surface area contributed by atoms with Gasteiger partial charge in [-0.3, -0.25) is 0 Å². The molecular weight excluding hydrogens is 815 g/mol. The average Bonchev–Trinajstić information content (AvgIpc) is 3.74. The highest BCUT2D eigenvalue weighted by Crippen LogP contribution is 2.47. The molecule has 0 saturated heterocycles. The molecule has 0 aliphatic heterocycles. The second-order valence-electron chi connectivity index (χ2n) is 17.2. The minimum absolute atomic E-state index is 0.0965. The number of aryl methyl sites for hydroxylation is 6. The van der Waals surface area contributed by atoms with E-state index in [-0.39, 0.29) is 22.5 Å². The fourth-order valence-electron chi connectivity index (χ4n) is 10.3. The van der Waals surface area contributed by atoms with E-state index in [1.165, 1.54) is 6.07 Å². The largest absolute Gasteiger partial charge is 0.416 e. The van der Waals surface area contributed by atoms with Gasteiger partial charge in [-0.2, -0.15) is 26.3 Å². The topological polar surface area (TPSA) is 9.86 Å². The fourth-order valence-corrected chi connectivity index (χ4v) is 10.3. The van der Waals surface area contributed by atoms with Crippen molar-refractivity contribution in [2.24, 2.45) is 0 Å². The molecular formula is C56H42F6N2. The molecule has 0 fully saturated rings. The molecule has 10 rings (SSSR count). The molecule has 2 aromatic heterocycles. The Hall–Kier alpha value is -7.06. The van der Waals surface area contributed by atoms with Gasteiger partial charge in [-0.15, -0.1) is 0 Å². The van der Waals surface area contributed by atoms with Crippen LogP contribution in [0.1, 0.15) is 44.5 Å². The Labute approximate surface area is 366 Å². The number of benzene rings is 8. The van der Waals surface area contributed by atoms with Crippen LogP contribution in [0.2, 0.25) is 0 Å². The molecule has 0 aliphatic carbocycles. The van der Waals surface area contributed by atoms with Crippen molar-refractivity contribution in [3.05, 3.63) is 190 Å². The first-order chi connectivity index (χ1) is 30.5. The number of para-hydroxylation sites is 2. The van der Waals surface area contributed by atoms with Gasteiger partial charge in [0, 0.05) is 27.1 Å². The predicted molar refractivity (Wildman–Crippen MR) is 250 cm³/mol. The maximum Gasteiger partial charge on any atom is 0.416 e. The molecule has 10 aromatic rings. The van der Waals surface area contributed by atoms with E-state index in [9.17, 15) is 13.2 Å². The van der Waals surface area contributed by atoms with Gasteiger partial charge in [-0.25, -0.2) is 0 Å². The summed E-state index contributed by atoms with van der Waals surface area (Å²) in [5.74, 6) is 0. The summed E-state index contributed by atoms with van der Waals surface area (Å²) in [6.45, 7) is 12.4. The van der Waals surface area contributed by atoms with Crippen molar-refractivity contribution in [2.75, 3.05) is 0 Å².